The van der Waals surface area contributed by atoms with Gasteiger partial charge in [0.25, 0.3) is 0 Å². The highest BCUT2D eigenvalue weighted by Crippen LogP contribution is 2.22. The molecule has 7 heteroatoms. The maximum absolute atomic E-state index is 12.1. The molecule has 0 aromatic heterocycles. The molecule has 2 aliphatic heterocycles. The number of carbonyl (C=O) groups is 3. The third-order valence-corrected chi connectivity index (χ3v) is 6.89. The lowest BCUT2D eigenvalue weighted by atomic mass is 9.88. The first-order valence-corrected chi connectivity index (χ1v) is 13.2. The van der Waals surface area contributed by atoms with Crippen molar-refractivity contribution in [1.82, 2.24) is 19.6 Å². The molecular weight excluding hydrogens is 440 g/mol. The van der Waals surface area contributed by atoms with Crippen molar-refractivity contribution in [3.8, 4) is 0 Å². The Hall–Kier alpha value is -1.47. The average Bonchev–Trinajstić information content (AvgIpc) is 2.71. The summed E-state index contributed by atoms with van der Waals surface area (Å²) in [6.45, 7) is 31.8. The van der Waals surface area contributed by atoms with Crippen LogP contribution in [0.5, 0.6) is 0 Å². The second-order valence-corrected chi connectivity index (χ2v) is 14.1. The van der Waals surface area contributed by atoms with Crippen LogP contribution in [0.1, 0.15) is 89.5 Å². The van der Waals surface area contributed by atoms with Crippen molar-refractivity contribution >= 4 is 17.6 Å². The molecule has 0 spiro atoms. The summed E-state index contributed by atoms with van der Waals surface area (Å²) in [4.78, 5) is 44.7. The molecule has 0 atom stereocenters. The van der Waals surface area contributed by atoms with Gasteiger partial charge in [0, 0.05) is 74.3 Å². The van der Waals surface area contributed by atoms with Gasteiger partial charge in [0.05, 0.1) is 6.42 Å². The fourth-order valence-electron chi connectivity index (χ4n) is 4.20. The van der Waals surface area contributed by atoms with E-state index in [0.717, 1.165) is 52.4 Å². The molecule has 2 aliphatic rings. The van der Waals surface area contributed by atoms with Crippen LogP contribution in [0.4, 0.5) is 0 Å². The normalized spacial score (nSPS) is 19.2. The van der Waals surface area contributed by atoms with E-state index in [2.05, 4.69) is 51.3 Å². The number of amides is 2. The molecule has 2 heterocycles. The standard InChI is InChI=1S/C15H28N2O2.C13H26N2O/c1-14(2,3)12(18)11-13(19)16-7-9-17(10-8-16)15(4,5)6;1-12(2,3)11(16)14-7-9-15(10-8-14)13(4,5)6/h7-11H2,1-6H3;7-10H2,1-6H3. The highest BCUT2D eigenvalue weighted by Gasteiger charge is 2.33. The lowest BCUT2D eigenvalue weighted by Gasteiger charge is -2.43. The number of piperazine rings is 2. The summed E-state index contributed by atoms with van der Waals surface area (Å²) in [5, 5.41) is 0. The minimum atomic E-state index is -0.428. The van der Waals surface area contributed by atoms with Gasteiger partial charge in [0.2, 0.25) is 11.8 Å². The van der Waals surface area contributed by atoms with Gasteiger partial charge in [0.15, 0.2) is 0 Å². The summed E-state index contributed by atoms with van der Waals surface area (Å²) in [6.07, 6.45) is 0.0407. The van der Waals surface area contributed by atoms with E-state index < -0.39 is 5.41 Å². The largest absolute Gasteiger partial charge is 0.340 e. The van der Waals surface area contributed by atoms with Crippen molar-refractivity contribution in [2.45, 2.75) is 101 Å². The van der Waals surface area contributed by atoms with Gasteiger partial charge in [0.1, 0.15) is 5.78 Å². The summed E-state index contributed by atoms with van der Waals surface area (Å²) in [7, 11) is 0. The van der Waals surface area contributed by atoms with Crippen LogP contribution in [0, 0.1) is 10.8 Å². The minimum Gasteiger partial charge on any atom is -0.340 e. The molecule has 0 unspecified atom stereocenters. The van der Waals surface area contributed by atoms with Crippen LogP contribution in [-0.2, 0) is 14.4 Å². The fourth-order valence-corrected chi connectivity index (χ4v) is 4.20. The SMILES string of the molecule is CC(C)(C)C(=O)CC(=O)N1CCN(C(C)(C)C)CC1.CC(C)(C)C(=O)N1CCN(C(C)(C)C)CC1. The van der Waals surface area contributed by atoms with Crippen LogP contribution >= 0.6 is 0 Å². The Kier molecular flexibility index (Phi) is 10.6. The van der Waals surface area contributed by atoms with Gasteiger partial charge in [-0.2, -0.15) is 0 Å². The molecular formula is C28H54N4O3. The lowest BCUT2D eigenvalue weighted by molar-refractivity contribution is -0.142. The van der Waals surface area contributed by atoms with Gasteiger partial charge in [-0.25, -0.2) is 0 Å². The molecule has 2 saturated heterocycles. The van der Waals surface area contributed by atoms with E-state index in [1.165, 1.54) is 0 Å². The zero-order valence-corrected chi connectivity index (χ0v) is 24.9. The smallest absolute Gasteiger partial charge is 0.230 e. The summed E-state index contributed by atoms with van der Waals surface area (Å²) < 4.78 is 0. The Labute approximate surface area is 215 Å². The van der Waals surface area contributed by atoms with Crippen molar-refractivity contribution in [3.05, 3.63) is 0 Å². The molecule has 2 fully saturated rings. The Bertz CT molecular complexity index is 719. The van der Waals surface area contributed by atoms with Gasteiger partial charge in [-0.05, 0) is 41.5 Å². The van der Waals surface area contributed by atoms with Crippen LogP contribution in [0.25, 0.3) is 0 Å². The lowest BCUT2D eigenvalue weighted by Crippen LogP contribution is -2.56. The predicted octanol–water partition coefficient (Wildman–Crippen LogP) is 3.91. The van der Waals surface area contributed by atoms with Gasteiger partial charge in [-0.3, -0.25) is 24.2 Å². The Balaban J connectivity index is 0.000000355. The van der Waals surface area contributed by atoms with Gasteiger partial charge in [-0.15, -0.1) is 0 Å². The van der Waals surface area contributed by atoms with Crippen molar-refractivity contribution in [3.63, 3.8) is 0 Å². The van der Waals surface area contributed by atoms with E-state index in [4.69, 9.17) is 0 Å². The highest BCUT2D eigenvalue weighted by molar-refractivity contribution is 6.00. The highest BCUT2D eigenvalue weighted by atomic mass is 16.2. The van der Waals surface area contributed by atoms with Crippen LogP contribution in [0.2, 0.25) is 0 Å². The van der Waals surface area contributed by atoms with Gasteiger partial charge < -0.3 is 9.80 Å². The van der Waals surface area contributed by atoms with E-state index in [9.17, 15) is 14.4 Å². The van der Waals surface area contributed by atoms with Crippen molar-refractivity contribution in [2.75, 3.05) is 52.4 Å². The molecule has 0 radical (unpaired) electrons. The molecule has 0 aromatic carbocycles. The fraction of sp³-hybridized carbons (Fsp3) is 0.893. The number of carbonyl (C=O) groups excluding carboxylic acids is 3. The minimum absolute atomic E-state index is 0.0199. The van der Waals surface area contributed by atoms with E-state index in [1.54, 1.807) is 0 Å². The topological polar surface area (TPSA) is 64.2 Å². The average molecular weight is 495 g/mol. The van der Waals surface area contributed by atoms with Crippen LogP contribution in [-0.4, -0.2) is 101 Å². The quantitative estimate of drug-likeness (QED) is 0.545. The van der Waals surface area contributed by atoms with Crippen LogP contribution in [0.3, 0.4) is 0 Å². The van der Waals surface area contributed by atoms with Crippen molar-refractivity contribution in [2.24, 2.45) is 10.8 Å². The monoisotopic (exact) mass is 494 g/mol. The van der Waals surface area contributed by atoms with E-state index in [1.807, 2.05) is 51.3 Å². The molecule has 7 nitrogen and oxygen atoms in total. The Morgan fingerprint density at radius 1 is 0.514 bits per heavy atom. The number of rotatable bonds is 2. The van der Waals surface area contributed by atoms with E-state index in [0.29, 0.717) is 0 Å². The van der Waals surface area contributed by atoms with E-state index >= 15 is 0 Å². The number of hydrogen-bond acceptors (Lipinski definition) is 5. The third-order valence-electron chi connectivity index (χ3n) is 6.89. The molecule has 0 aliphatic carbocycles. The van der Waals surface area contributed by atoms with E-state index in [-0.39, 0.29) is 40.5 Å². The van der Waals surface area contributed by atoms with Crippen molar-refractivity contribution < 1.29 is 14.4 Å². The number of ketones is 1. The summed E-state index contributed by atoms with van der Waals surface area (Å²) in [5.41, 5.74) is -0.306. The maximum atomic E-state index is 12.1. The Morgan fingerprint density at radius 3 is 1.14 bits per heavy atom. The second-order valence-electron chi connectivity index (χ2n) is 14.1. The molecule has 204 valence electrons. The molecule has 0 bridgehead atoms. The summed E-state index contributed by atoms with van der Waals surface area (Å²) in [6, 6.07) is 0. The molecule has 0 saturated carbocycles. The molecule has 35 heavy (non-hydrogen) atoms. The maximum Gasteiger partial charge on any atom is 0.230 e. The Morgan fingerprint density at radius 2 is 0.857 bits per heavy atom. The number of hydrogen-bond donors (Lipinski definition) is 0. The number of nitrogens with zero attached hydrogens (tertiary/aromatic N) is 4. The molecule has 0 aromatic rings. The van der Waals surface area contributed by atoms with Crippen LogP contribution < -0.4 is 0 Å². The summed E-state index contributed by atoms with van der Waals surface area (Å²) in [5.74, 6) is 0.283. The molecule has 2 rings (SSSR count). The first-order valence-electron chi connectivity index (χ1n) is 13.2. The van der Waals surface area contributed by atoms with Gasteiger partial charge in [-0.1, -0.05) is 41.5 Å². The van der Waals surface area contributed by atoms with Crippen molar-refractivity contribution in [1.29, 1.82) is 0 Å². The van der Waals surface area contributed by atoms with Crippen LogP contribution in [0.15, 0.2) is 0 Å². The molecule has 2 amide bonds. The zero-order chi connectivity index (χ0) is 27.4. The number of Topliss-reactive ketones (excluding diaryl/α,β-unsaturated/α-hetero) is 1. The first kappa shape index (κ1) is 31.6. The second kappa shape index (κ2) is 11.7. The zero-order valence-electron chi connectivity index (χ0n) is 24.9. The first-order chi connectivity index (χ1) is 15.6. The third kappa shape index (κ3) is 10.2. The predicted molar refractivity (Wildman–Crippen MR) is 144 cm³/mol. The van der Waals surface area contributed by atoms with Gasteiger partial charge >= 0.3 is 0 Å². The summed E-state index contributed by atoms with van der Waals surface area (Å²) >= 11 is 0. The molecule has 0 N–H and O–H groups in total.